The van der Waals surface area contributed by atoms with E-state index in [0.717, 1.165) is 0 Å². The summed E-state index contributed by atoms with van der Waals surface area (Å²) in [5.74, 6) is 0.152. The van der Waals surface area contributed by atoms with Gasteiger partial charge in [0.2, 0.25) is 5.95 Å². The first-order valence-corrected chi connectivity index (χ1v) is 2.95. The van der Waals surface area contributed by atoms with Gasteiger partial charge >= 0.3 is 0 Å². The van der Waals surface area contributed by atoms with Gasteiger partial charge in [-0.15, -0.1) is 0 Å². The number of nitrogens with zero attached hydrogens (tertiary/aromatic N) is 4. The molecule has 0 amide bonds. The molecule has 6 nitrogen and oxygen atoms in total. The van der Waals surface area contributed by atoms with Crippen molar-refractivity contribution in [2.24, 2.45) is 0 Å². The van der Waals surface area contributed by atoms with E-state index < -0.39 is 0 Å². The number of aromatic nitrogens is 2. The molecule has 0 spiro atoms. The van der Waals surface area contributed by atoms with E-state index in [2.05, 4.69) is 15.3 Å². The van der Waals surface area contributed by atoms with Gasteiger partial charge in [-0.3, -0.25) is 5.32 Å². The number of nitrogens with one attached hydrogen (secondary N) is 1. The van der Waals surface area contributed by atoms with Gasteiger partial charge in [-0.05, 0) is 0 Å². The molecule has 0 aliphatic rings. The van der Waals surface area contributed by atoms with Crippen LogP contribution in [0.3, 0.4) is 0 Å². The van der Waals surface area contributed by atoms with Crippen molar-refractivity contribution < 1.29 is 0 Å². The van der Waals surface area contributed by atoms with E-state index in [1.807, 2.05) is 0 Å². The van der Waals surface area contributed by atoms with Gasteiger partial charge in [-0.25, -0.2) is 4.98 Å². The number of nitrogens with two attached hydrogens (primary N) is 1. The van der Waals surface area contributed by atoms with E-state index >= 15 is 0 Å². The molecule has 0 atom stereocenters. The molecule has 1 aromatic heterocycles. The average Bonchev–Trinajstić information content (AvgIpc) is 2.05. The van der Waals surface area contributed by atoms with Crippen LogP contribution in [-0.4, -0.2) is 9.97 Å². The molecule has 0 aromatic carbocycles. The first-order chi connectivity index (χ1) is 5.77. The van der Waals surface area contributed by atoms with Gasteiger partial charge in [0, 0.05) is 0 Å². The number of anilines is 2. The molecule has 0 bridgehead atoms. The highest BCUT2D eigenvalue weighted by Crippen LogP contribution is 2.07. The highest BCUT2D eigenvalue weighted by Gasteiger charge is 2.01. The summed E-state index contributed by atoms with van der Waals surface area (Å²) in [4.78, 5) is 7.30. The van der Waals surface area contributed by atoms with Crippen LogP contribution in [0.25, 0.3) is 0 Å². The molecule has 58 valence electrons. The van der Waals surface area contributed by atoms with Crippen molar-refractivity contribution in [3.63, 3.8) is 0 Å². The SMILES string of the molecule is N#CNc1ncc(C#N)c(N)n1. The van der Waals surface area contributed by atoms with Crippen LogP contribution >= 0.6 is 0 Å². The number of nitrogen functional groups attached to an aromatic ring is 1. The lowest BCUT2D eigenvalue weighted by Crippen LogP contribution is -2.01. The van der Waals surface area contributed by atoms with Crippen molar-refractivity contribution in [1.29, 1.82) is 10.5 Å². The second kappa shape index (κ2) is 3.17. The zero-order valence-corrected chi connectivity index (χ0v) is 5.94. The van der Waals surface area contributed by atoms with E-state index in [1.165, 1.54) is 6.20 Å². The Balaban J connectivity index is 3.06. The summed E-state index contributed by atoms with van der Waals surface area (Å²) in [5.41, 5.74) is 5.53. The summed E-state index contributed by atoms with van der Waals surface area (Å²) < 4.78 is 0. The summed E-state index contributed by atoms with van der Waals surface area (Å²) in [6.07, 6.45) is 2.89. The molecule has 6 heteroatoms. The average molecular weight is 160 g/mol. The van der Waals surface area contributed by atoms with Crippen molar-refractivity contribution in [2.75, 3.05) is 11.1 Å². The Morgan fingerprint density at radius 3 is 2.75 bits per heavy atom. The Bertz CT molecular complexity index is 371. The minimum atomic E-state index is 0.0604. The standard InChI is InChI=1S/C6H4N6/c7-1-4-2-10-6(11-3-8)12-5(4)9/h2H,(H3,9,10,11,12). The Morgan fingerprint density at radius 2 is 2.25 bits per heavy atom. The van der Waals surface area contributed by atoms with Gasteiger partial charge in [-0.1, -0.05) is 0 Å². The molecule has 3 N–H and O–H groups in total. The predicted octanol–water partition coefficient (Wildman–Crippen LogP) is -0.177. The van der Waals surface area contributed by atoms with Crippen molar-refractivity contribution in [3.8, 4) is 12.3 Å². The Morgan fingerprint density at radius 1 is 1.50 bits per heavy atom. The zero-order valence-electron chi connectivity index (χ0n) is 5.94. The van der Waals surface area contributed by atoms with Crippen molar-refractivity contribution in [2.45, 2.75) is 0 Å². The predicted molar refractivity (Wildman–Crippen MR) is 40.4 cm³/mol. The highest BCUT2D eigenvalue weighted by atomic mass is 15.1. The van der Waals surface area contributed by atoms with Crippen molar-refractivity contribution in [3.05, 3.63) is 11.8 Å². The summed E-state index contributed by atoms with van der Waals surface area (Å²) in [6, 6.07) is 1.80. The fourth-order valence-electron chi connectivity index (χ4n) is 0.591. The lowest BCUT2D eigenvalue weighted by atomic mass is 10.3. The van der Waals surface area contributed by atoms with E-state index in [1.54, 1.807) is 12.3 Å². The molecular formula is C6H4N6. The van der Waals surface area contributed by atoms with Gasteiger partial charge in [0.1, 0.15) is 17.5 Å². The van der Waals surface area contributed by atoms with E-state index in [4.69, 9.17) is 16.3 Å². The third-order valence-corrected chi connectivity index (χ3v) is 1.11. The summed E-state index contributed by atoms with van der Waals surface area (Å²) in [7, 11) is 0. The van der Waals surface area contributed by atoms with Crippen LogP contribution in [0.15, 0.2) is 6.20 Å². The molecule has 1 heterocycles. The number of rotatable bonds is 1. The second-order valence-electron chi connectivity index (χ2n) is 1.84. The Labute approximate surface area is 68.3 Å². The van der Waals surface area contributed by atoms with Gasteiger partial charge < -0.3 is 5.73 Å². The number of hydrogen-bond acceptors (Lipinski definition) is 6. The summed E-state index contributed by atoms with van der Waals surface area (Å²) in [5, 5.41) is 18.8. The molecule has 0 saturated carbocycles. The molecule has 1 rings (SSSR count). The molecule has 12 heavy (non-hydrogen) atoms. The fraction of sp³-hybridized carbons (Fsp3) is 0. The normalized spacial score (nSPS) is 8.17. The molecule has 0 radical (unpaired) electrons. The van der Waals surface area contributed by atoms with E-state index in [9.17, 15) is 0 Å². The maximum absolute atomic E-state index is 8.44. The minimum absolute atomic E-state index is 0.0604. The van der Waals surface area contributed by atoms with Crippen LogP contribution < -0.4 is 11.1 Å². The Hall–Kier alpha value is -2.34. The first kappa shape index (κ1) is 7.76. The van der Waals surface area contributed by atoms with Gasteiger partial charge in [0.05, 0.1) is 6.20 Å². The van der Waals surface area contributed by atoms with Crippen LogP contribution in [0.5, 0.6) is 0 Å². The molecule has 0 aliphatic carbocycles. The molecule has 1 aromatic rings. The van der Waals surface area contributed by atoms with Gasteiger partial charge in [0.15, 0.2) is 6.19 Å². The number of hydrogen-bond donors (Lipinski definition) is 2. The molecule has 0 fully saturated rings. The largest absolute Gasteiger partial charge is 0.382 e. The van der Waals surface area contributed by atoms with Gasteiger partial charge in [0.25, 0.3) is 0 Å². The van der Waals surface area contributed by atoms with Crippen LogP contribution in [0, 0.1) is 22.8 Å². The summed E-state index contributed by atoms with van der Waals surface area (Å²) in [6.45, 7) is 0. The molecular weight excluding hydrogens is 156 g/mol. The quantitative estimate of drug-likeness (QED) is 0.435. The Kier molecular flexibility index (Phi) is 2.05. The maximum atomic E-state index is 8.44. The van der Waals surface area contributed by atoms with E-state index in [0.29, 0.717) is 0 Å². The van der Waals surface area contributed by atoms with Gasteiger partial charge in [-0.2, -0.15) is 15.5 Å². The minimum Gasteiger partial charge on any atom is -0.382 e. The third-order valence-electron chi connectivity index (χ3n) is 1.11. The maximum Gasteiger partial charge on any atom is 0.238 e. The van der Waals surface area contributed by atoms with Crippen LogP contribution in [-0.2, 0) is 0 Å². The van der Waals surface area contributed by atoms with Crippen LogP contribution in [0.4, 0.5) is 11.8 Å². The lowest BCUT2D eigenvalue weighted by Gasteiger charge is -1.97. The third kappa shape index (κ3) is 1.39. The smallest absolute Gasteiger partial charge is 0.238 e. The monoisotopic (exact) mass is 160 g/mol. The molecule has 0 saturated heterocycles. The van der Waals surface area contributed by atoms with Crippen molar-refractivity contribution >= 4 is 11.8 Å². The topological polar surface area (TPSA) is 111 Å². The molecule has 0 aliphatic heterocycles. The molecule has 0 unspecified atom stereocenters. The van der Waals surface area contributed by atoms with Crippen LogP contribution in [0.2, 0.25) is 0 Å². The zero-order chi connectivity index (χ0) is 8.97. The first-order valence-electron chi connectivity index (χ1n) is 2.95. The highest BCUT2D eigenvalue weighted by molar-refractivity contribution is 5.50. The number of nitriles is 2. The fourth-order valence-corrected chi connectivity index (χ4v) is 0.591. The lowest BCUT2D eigenvalue weighted by molar-refractivity contribution is 1.16. The van der Waals surface area contributed by atoms with Crippen molar-refractivity contribution in [1.82, 2.24) is 9.97 Å². The summed E-state index contributed by atoms with van der Waals surface area (Å²) >= 11 is 0. The van der Waals surface area contributed by atoms with Crippen LogP contribution in [0.1, 0.15) is 5.56 Å². The second-order valence-corrected chi connectivity index (χ2v) is 1.84. The van der Waals surface area contributed by atoms with E-state index in [-0.39, 0.29) is 17.3 Å².